The molecule has 25 heavy (non-hydrogen) atoms. The number of hydrogen-bond donors (Lipinski definition) is 2. The van der Waals surface area contributed by atoms with Gasteiger partial charge in [0.05, 0.1) is 18.2 Å². The fraction of sp³-hybridized carbons (Fsp3) is 0.263. The largest absolute Gasteiger partial charge is 0.478 e. The third kappa shape index (κ3) is 2.59. The number of nitrogens with one attached hydrogen (secondary N) is 1. The molecule has 1 fully saturated rings. The number of amides is 2. The van der Waals surface area contributed by atoms with Gasteiger partial charge >= 0.3 is 12.0 Å². The summed E-state index contributed by atoms with van der Waals surface area (Å²) in [6, 6.07) is 14.1. The average molecular weight is 338 g/mol. The van der Waals surface area contributed by atoms with Crippen LogP contribution in [-0.4, -0.2) is 27.7 Å². The van der Waals surface area contributed by atoms with E-state index < -0.39 is 11.7 Å². The number of hydrogen-bond acceptors (Lipinski definition) is 3. The van der Waals surface area contributed by atoms with E-state index in [2.05, 4.69) is 5.32 Å². The highest BCUT2D eigenvalue weighted by Gasteiger charge is 2.49. The molecule has 6 nitrogen and oxygen atoms in total. The van der Waals surface area contributed by atoms with Crippen molar-refractivity contribution in [2.45, 2.75) is 31.7 Å². The Balaban J connectivity index is 1.69. The summed E-state index contributed by atoms with van der Waals surface area (Å²) >= 11 is 0. The number of carboxylic acid groups (broad SMARTS) is 1. The predicted octanol–water partition coefficient (Wildman–Crippen LogP) is 3.15. The van der Waals surface area contributed by atoms with Crippen LogP contribution in [0, 0.1) is 0 Å². The first kappa shape index (κ1) is 15.5. The number of ether oxygens (including phenoxy) is 1. The number of rotatable bonds is 3. The van der Waals surface area contributed by atoms with Gasteiger partial charge in [-0.1, -0.05) is 30.3 Å². The second-order valence-corrected chi connectivity index (χ2v) is 6.61. The lowest BCUT2D eigenvalue weighted by atomic mass is 9.89. The molecule has 2 aliphatic heterocycles. The first-order valence-corrected chi connectivity index (χ1v) is 8.14. The number of fused-ring (bicyclic) bond motifs is 4. The van der Waals surface area contributed by atoms with Crippen LogP contribution in [-0.2, 0) is 6.54 Å². The van der Waals surface area contributed by atoms with Crippen molar-refractivity contribution in [3.05, 3.63) is 65.2 Å². The average Bonchev–Trinajstić information content (AvgIpc) is 2.59. The summed E-state index contributed by atoms with van der Waals surface area (Å²) in [6.45, 7) is 2.34. The summed E-state index contributed by atoms with van der Waals surface area (Å²) in [7, 11) is 0. The normalized spacial score (nSPS) is 24.1. The molecule has 2 aromatic carbocycles. The number of carbonyl (C=O) groups is 2. The number of urea groups is 1. The van der Waals surface area contributed by atoms with E-state index in [1.807, 2.05) is 37.3 Å². The Morgan fingerprint density at radius 2 is 2.08 bits per heavy atom. The zero-order valence-electron chi connectivity index (χ0n) is 13.7. The topological polar surface area (TPSA) is 78.9 Å². The summed E-state index contributed by atoms with van der Waals surface area (Å²) in [5, 5.41) is 12.2. The lowest BCUT2D eigenvalue weighted by Gasteiger charge is -2.50. The van der Waals surface area contributed by atoms with Gasteiger partial charge in [-0.15, -0.1) is 0 Å². The third-order valence-corrected chi connectivity index (χ3v) is 4.84. The van der Waals surface area contributed by atoms with Gasteiger partial charge in [0, 0.05) is 12.0 Å². The van der Waals surface area contributed by atoms with Gasteiger partial charge in [-0.3, -0.25) is 4.90 Å². The van der Waals surface area contributed by atoms with Crippen LogP contribution < -0.4 is 10.1 Å². The molecule has 2 atom stereocenters. The molecule has 2 aromatic rings. The lowest BCUT2D eigenvalue weighted by Crippen LogP contribution is -2.64. The minimum atomic E-state index is -0.996. The van der Waals surface area contributed by atoms with Crippen LogP contribution in [0.3, 0.4) is 0 Å². The minimum absolute atomic E-state index is 0.187. The van der Waals surface area contributed by atoms with Crippen molar-refractivity contribution in [2.75, 3.05) is 0 Å². The monoisotopic (exact) mass is 338 g/mol. The van der Waals surface area contributed by atoms with Gasteiger partial charge in [-0.2, -0.15) is 0 Å². The number of nitrogens with zero attached hydrogens (tertiary/aromatic N) is 1. The van der Waals surface area contributed by atoms with Gasteiger partial charge in [0.15, 0.2) is 5.72 Å². The number of benzene rings is 2. The van der Waals surface area contributed by atoms with Crippen molar-refractivity contribution in [1.29, 1.82) is 0 Å². The van der Waals surface area contributed by atoms with Crippen LogP contribution in [0.15, 0.2) is 48.5 Å². The summed E-state index contributed by atoms with van der Waals surface area (Å²) < 4.78 is 6.15. The van der Waals surface area contributed by atoms with Crippen LogP contribution in [0.4, 0.5) is 4.79 Å². The molecule has 2 aliphatic rings. The maximum atomic E-state index is 12.7. The van der Waals surface area contributed by atoms with Crippen molar-refractivity contribution >= 4 is 12.0 Å². The zero-order valence-corrected chi connectivity index (χ0v) is 13.7. The van der Waals surface area contributed by atoms with Crippen molar-refractivity contribution < 1.29 is 19.4 Å². The van der Waals surface area contributed by atoms with E-state index >= 15 is 0 Å². The predicted molar refractivity (Wildman–Crippen MR) is 90.3 cm³/mol. The molecule has 4 rings (SSSR count). The van der Waals surface area contributed by atoms with Gasteiger partial charge in [-0.05, 0) is 30.7 Å². The van der Waals surface area contributed by atoms with Crippen molar-refractivity contribution in [1.82, 2.24) is 10.2 Å². The molecule has 2 heterocycles. The molecule has 0 aliphatic carbocycles. The Morgan fingerprint density at radius 1 is 1.32 bits per heavy atom. The van der Waals surface area contributed by atoms with E-state index in [4.69, 9.17) is 4.74 Å². The van der Waals surface area contributed by atoms with E-state index in [1.54, 1.807) is 17.0 Å². The standard InChI is InChI=1S/C19H18N2O4/c1-19-10-15(14-9-13(17(22)23)7-8-16(14)25-19)20-18(24)21(19)11-12-5-3-2-4-6-12/h2-9,15H,10-11H2,1H3,(H,20,24)(H,22,23)/t15-,19-/m0/s1. The van der Waals surface area contributed by atoms with Crippen molar-refractivity contribution in [3.63, 3.8) is 0 Å². The van der Waals surface area contributed by atoms with Gasteiger partial charge in [0.1, 0.15) is 5.75 Å². The zero-order chi connectivity index (χ0) is 17.6. The Labute approximate surface area is 145 Å². The van der Waals surface area contributed by atoms with Crippen LogP contribution >= 0.6 is 0 Å². The van der Waals surface area contributed by atoms with Crippen LogP contribution in [0.5, 0.6) is 5.75 Å². The lowest BCUT2D eigenvalue weighted by molar-refractivity contribution is -0.0879. The Bertz CT molecular complexity index is 852. The van der Waals surface area contributed by atoms with Crippen molar-refractivity contribution in [3.8, 4) is 5.75 Å². The third-order valence-electron chi connectivity index (χ3n) is 4.84. The summed E-state index contributed by atoms with van der Waals surface area (Å²) in [4.78, 5) is 25.6. The van der Waals surface area contributed by atoms with E-state index in [0.29, 0.717) is 24.3 Å². The number of carboxylic acids is 1. The second kappa shape index (κ2) is 5.51. The fourth-order valence-corrected chi connectivity index (χ4v) is 3.55. The quantitative estimate of drug-likeness (QED) is 0.901. The molecule has 128 valence electrons. The molecule has 2 amide bonds. The smallest absolute Gasteiger partial charge is 0.335 e. The Morgan fingerprint density at radius 3 is 2.80 bits per heavy atom. The molecule has 0 saturated carbocycles. The molecular weight excluding hydrogens is 320 g/mol. The SMILES string of the molecule is C[C@]12C[C@H](NC(=O)N1Cc1ccccc1)c1cc(C(=O)O)ccc1O2. The van der Waals surface area contributed by atoms with Crippen molar-refractivity contribution in [2.24, 2.45) is 0 Å². The van der Waals surface area contributed by atoms with Gasteiger partial charge in [0.25, 0.3) is 0 Å². The van der Waals surface area contributed by atoms with Crippen LogP contribution in [0.1, 0.15) is 40.9 Å². The molecule has 0 aromatic heterocycles. The molecule has 2 N–H and O–H groups in total. The molecule has 6 heteroatoms. The summed E-state index contributed by atoms with van der Waals surface area (Å²) in [5.74, 6) is -0.384. The minimum Gasteiger partial charge on any atom is -0.478 e. The maximum Gasteiger partial charge on any atom is 0.335 e. The Hall–Kier alpha value is -3.02. The first-order chi connectivity index (χ1) is 12.0. The molecular formula is C19H18N2O4. The van der Waals surface area contributed by atoms with Gasteiger partial charge < -0.3 is 15.2 Å². The highest BCUT2D eigenvalue weighted by atomic mass is 16.5. The fourth-order valence-electron chi connectivity index (χ4n) is 3.55. The molecule has 0 unspecified atom stereocenters. The van der Waals surface area contributed by atoms with E-state index in [1.165, 1.54) is 6.07 Å². The molecule has 0 spiro atoms. The molecule has 0 radical (unpaired) electrons. The Kier molecular flexibility index (Phi) is 3.42. The summed E-state index contributed by atoms with van der Waals surface area (Å²) in [5.41, 5.74) is 1.14. The first-order valence-electron chi connectivity index (χ1n) is 8.14. The highest BCUT2D eigenvalue weighted by Crippen LogP contribution is 2.44. The van der Waals surface area contributed by atoms with E-state index in [9.17, 15) is 14.7 Å². The number of carbonyl (C=O) groups excluding carboxylic acids is 1. The van der Waals surface area contributed by atoms with Gasteiger partial charge in [-0.25, -0.2) is 9.59 Å². The van der Waals surface area contributed by atoms with Gasteiger partial charge in [0.2, 0.25) is 0 Å². The van der Waals surface area contributed by atoms with E-state index in [0.717, 1.165) is 5.56 Å². The number of aromatic carboxylic acids is 1. The molecule has 2 bridgehead atoms. The van der Waals surface area contributed by atoms with Crippen LogP contribution in [0.25, 0.3) is 0 Å². The van der Waals surface area contributed by atoms with E-state index in [-0.39, 0.29) is 17.6 Å². The second-order valence-electron chi connectivity index (χ2n) is 6.61. The molecule has 1 saturated heterocycles. The van der Waals surface area contributed by atoms with Crippen LogP contribution in [0.2, 0.25) is 0 Å². The summed E-state index contributed by atoms with van der Waals surface area (Å²) in [6.07, 6.45) is 0.557. The maximum absolute atomic E-state index is 12.7. The highest BCUT2D eigenvalue weighted by molar-refractivity contribution is 5.88.